The van der Waals surface area contributed by atoms with E-state index < -0.39 is 23.2 Å². The zero-order valence-corrected chi connectivity index (χ0v) is 15.6. The number of fused-ring (bicyclic) bond motifs is 1. The van der Waals surface area contributed by atoms with Gasteiger partial charge in [-0.25, -0.2) is 0 Å². The van der Waals surface area contributed by atoms with Gasteiger partial charge < -0.3 is 25.3 Å². The monoisotopic (exact) mass is 407 g/mol. The van der Waals surface area contributed by atoms with Gasteiger partial charge in [0.05, 0.1) is 5.56 Å². The Bertz CT molecular complexity index is 971. The van der Waals surface area contributed by atoms with Crippen LogP contribution in [0.15, 0.2) is 36.4 Å². The predicted octanol–water partition coefficient (Wildman–Crippen LogP) is 2.35. The van der Waals surface area contributed by atoms with Gasteiger partial charge in [-0.2, -0.15) is 13.2 Å². The smallest absolute Gasteiger partial charge is 0.416 e. The molecule has 3 N–H and O–H groups in total. The van der Waals surface area contributed by atoms with E-state index in [1.165, 1.54) is 12.1 Å². The summed E-state index contributed by atoms with van der Waals surface area (Å²) in [6, 6.07) is 7.26. The number of likely N-dealkylation sites (N-methyl/N-ethyl adjacent to an activating group) is 1. The molecule has 2 aliphatic heterocycles. The third kappa shape index (κ3) is 3.20. The third-order valence-electron chi connectivity index (χ3n) is 5.55. The van der Waals surface area contributed by atoms with Crippen LogP contribution >= 0.6 is 0 Å². The van der Waals surface area contributed by atoms with Gasteiger partial charge in [-0.1, -0.05) is 6.07 Å². The Balaban J connectivity index is 1.77. The molecule has 0 aromatic heterocycles. The van der Waals surface area contributed by atoms with E-state index in [4.69, 9.17) is 0 Å². The summed E-state index contributed by atoms with van der Waals surface area (Å²) in [6.45, 7) is 3.14. The number of aromatic hydroxyl groups is 1. The van der Waals surface area contributed by atoms with Crippen molar-refractivity contribution in [2.24, 2.45) is 0 Å². The molecule has 9 heteroatoms. The Labute approximate surface area is 165 Å². The number of carbonyl (C=O) groups is 1. The summed E-state index contributed by atoms with van der Waals surface area (Å²) in [7, 11) is 2.01. The summed E-state index contributed by atoms with van der Waals surface area (Å²) in [5.41, 5.74) is -2.72. The average molecular weight is 407 g/mol. The quantitative estimate of drug-likeness (QED) is 0.713. The van der Waals surface area contributed by atoms with E-state index in [1.807, 2.05) is 7.05 Å². The van der Waals surface area contributed by atoms with Crippen LogP contribution in [-0.4, -0.2) is 54.2 Å². The maximum atomic E-state index is 13.0. The third-order valence-corrected chi connectivity index (χ3v) is 5.55. The molecule has 1 atom stereocenters. The Morgan fingerprint density at radius 1 is 1.03 bits per heavy atom. The number of alkyl halides is 3. The summed E-state index contributed by atoms with van der Waals surface area (Å²) in [4.78, 5) is 16.9. The SMILES string of the molecule is CN1CCN(c2ccc(O)c(C3(O)C(=O)Nc4cc(C(F)(F)F)ccc43)c2)CC1. The molecule has 2 heterocycles. The summed E-state index contributed by atoms with van der Waals surface area (Å²) in [5.74, 6) is -1.22. The van der Waals surface area contributed by atoms with Gasteiger partial charge in [0.1, 0.15) is 5.75 Å². The highest BCUT2D eigenvalue weighted by molar-refractivity contribution is 6.07. The van der Waals surface area contributed by atoms with Crippen molar-refractivity contribution >= 4 is 17.3 Å². The molecule has 1 fully saturated rings. The first kappa shape index (κ1) is 19.5. The number of hydrogen-bond donors (Lipinski definition) is 3. The van der Waals surface area contributed by atoms with E-state index >= 15 is 0 Å². The highest BCUT2D eigenvalue weighted by atomic mass is 19.4. The molecule has 1 saturated heterocycles. The van der Waals surface area contributed by atoms with Crippen molar-refractivity contribution in [3.05, 3.63) is 53.1 Å². The molecule has 0 aliphatic carbocycles. The van der Waals surface area contributed by atoms with Crippen molar-refractivity contribution in [3.63, 3.8) is 0 Å². The lowest BCUT2D eigenvalue weighted by molar-refractivity contribution is -0.137. The molecule has 2 aromatic rings. The van der Waals surface area contributed by atoms with Crippen LogP contribution in [0, 0.1) is 0 Å². The van der Waals surface area contributed by atoms with E-state index in [1.54, 1.807) is 6.07 Å². The van der Waals surface area contributed by atoms with Crippen LogP contribution in [0.25, 0.3) is 0 Å². The largest absolute Gasteiger partial charge is 0.508 e. The number of amides is 1. The minimum absolute atomic E-state index is 0.0265. The molecule has 0 bridgehead atoms. The van der Waals surface area contributed by atoms with Crippen molar-refractivity contribution in [3.8, 4) is 5.75 Å². The van der Waals surface area contributed by atoms with Gasteiger partial charge in [-0.05, 0) is 37.4 Å². The number of halogens is 3. The lowest BCUT2D eigenvalue weighted by Gasteiger charge is -2.35. The number of rotatable bonds is 2. The fourth-order valence-corrected chi connectivity index (χ4v) is 3.82. The number of benzene rings is 2. The molecule has 0 radical (unpaired) electrons. The van der Waals surface area contributed by atoms with E-state index in [0.29, 0.717) is 5.69 Å². The molecule has 29 heavy (non-hydrogen) atoms. The molecular formula is C20H20F3N3O3. The molecule has 154 valence electrons. The van der Waals surface area contributed by atoms with Crippen molar-refractivity contribution in [1.29, 1.82) is 0 Å². The Morgan fingerprint density at radius 3 is 2.38 bits per heavy atom. The van der Waals surface area contributed by atoms with Gasteiger partial charge in [0, 0.05) is 48.7 Å². The highest BCUT2D eigenvalue weighted by Crippen LogP contribution is 2.46. The van der Waals surface area contributed by atoms with E-state index in [9.17, 15) is 28.2 Å². The summed E-state index contributed by atoms with van der Waals surface area (Å²) in [5, 5.41) is 23.9. The molecule has 1 unspecified atom stereocenters. The second kappa shape index (κ2) is 6.64. The molecule has 4 rings (SSSR count). The number of piperazine rings is 1. The Kier molecular flexibility index (Phi) is 4.47. The number of carbonyl (C=O) groups excluding carboxylic acids is 1. The van der Waals surface area contributed by atoms with Crippen LogP contribution < -0.4 is 10.2 Å². The molecule has 6 nitrogen and oxygen atoms in total. The second-order valence-electron chi connectivity index (χ2n) is 7.41. The molecule has 2 aromatic carbocycles. The number of nitrogens with zero attached hydrogens (tertiary/aromatic N) is 2. The van der Waals surface area contributed by atoms with E-state index in [0.717, 1.165) is 44.4 Å². The van der Waals surface area contributed by atoms with Crippen molar-refractivity contribution in [1.82, 2.24) is 4.90 Å². The average Bonchev–Trinajstić information content (AvgIpc) is 2.93. The van der Waals surface area contributed by atoms with E-state index in [-0.39, 0.29) is 22.6 Å². The normalized spacial score (nSPS) is 22.5. The predicted molar refractivity (Wildman–Crippen MR) is 101 cm³/mol. The molecular weight excluding hydrogens is 387 g/mol. The summed E-state index contributed by atoms with van der Waals surface area (Å²) >= 11 is 0. The maximum absolute atomic E-state index is 13.0. The van der Waals surface area contributed by atoms with Crippen molar-refractivity contribution in [2.75, 3.05) is 43.4 Å². The fourth-order valence-electron chi connectivity index (χ4n) is 3.82. The molecule has 0 saturated carbocycles. The van der Waals surface area contributed by atoms with E-state index in [2.05, 4.69) is 15.1 Å². The number of phenolic OH excluding ortho intramolecular Hbond substituents is 1. The lowest BCUT2D eigenvalue weighted by Crippen LogP contribution is -2.44. The highest BCUT2D eigenvalue weighted by Gasteiger charge is 2.49. The van der Waals surface area contributed by atoms with Gasteiger partial charge in [-0.3, -0.25) is 4.79 Å². The number of hydrogen-bond acceptors (Lipinski definition) is 5. The Morgan fingerprint density at radius 2 is 1.72 bits per heavy atom. The van der Waals surface area contributed by atoms with Crippen LogP contribution in [0.3, 0.4) is 0 Å². The Hall–Kier alpha value is -2.78. The number of nitrogens with one attached hydrogen (secondary N) is 1. The van der Waals surface area contributed by atoms with Crippen LogP contribution in [-0.2, 0) is 16.6 Å². The first-order valence-corrected chi connectivity index (χ1v) is 9.13. The first-order valence-electron chi connectivity index (χ1n) is 9.13. The topological polar surface area (TPSA) is 76.0 Å². The molecule has 2 aliphatic rings. The molecule has 0 spiro atoms. The number of anilines is 2. The van der Waals surface area contributed by atoms with Crippen LogP contribution in [0.1, 0.15) is 16.7 Å². The maximum Gasteiger partial charge on any atom is 0.416 e. The van der Waals surface area contributed by atoms with Gasteiger partial charge in [0.15, 0.2) is 5.60 Å². The van der Waals surface area contributed by atoms with Gasteiger partial charge in [-0.15, -0.1) is 0 Å². The van der Waals surface area contributed by atoms with Gasteiger partial charge >= 0.3 is 6.18 Å². The lowest BCUT2D eigenvalue weighted by atomic mass is 9.86. The van der Waals surface area contributed by atoms with Crippen LogP contribution in [0.4, 0.5) is 24.5 Å². The summed E-state index contributed by atoms with van der Waals surface area (Å²) in [6.07, 6.45) is -4.58. The fraction of sp³-hybridized carbons (Fsp3) is 0.350. The van der Waals surface area contributed by atoms with Crippen LogP contribution in [0.2, 0.25) is 0 Å². The first-order chi connectivity index (χ1) is 13.6. The zero-order valence-electron chi connectivity index (χ0n) is 15.6. The minimum atomic E-state index is -4.58. The standard InChI is InChI=1S/C20H20F3N3O3/c1-25-6-8-26(9-7-25)13-3-5-17(27)15(11-13)19(29)14-4-2-12(20(21,22)23)10-16(14)24-18(19)28/h2-5,10-11,27,29H,6-9H2,1H3,(H,24,28). The second-order valence-corrected chi connectivity index (χ2v) is 7.41. The molecule has 1 amide bonds. The van der Waals surface area contributed by atoms with Gasteiger partial charge in [0.2, 0.25) is 0 Å². The minimum Gasteiger partial charge on any atom is -0.508 e. The van der Waals surface area contributed by atoms with Crippen molar-refractivity contribution < 1.29 is 28.2 Å². The van der Waals surface area contributed by atoms with Crippen LogP contribution in [0.5, 0.6) is 5.75 Å². The summed E-state index contributed by atoms with van der Waals surface area (Å²) < 4.78 is 39.0. The van der Waals surface area contributed by atoms with Crippen molar-refractivity contribution in [2.45, 2.75) is 11.8 Å². The zero-order chi connectivity index (χ0) is 21.0. The number of phenols is 1. The number of aliphatic hydroxyl groups is 1. The van der Waals surface area contributed by atoms with Gasteiger partial charge in [0.25, 0.3) is 5.91 Å².